The number of benzene rings is 1. The van der Waals surface area contributed by atoms with Crippen LogP contribution in [0, 0.1) is 0 Å². The Kier molecular flexibility index (Phi) is 6.42. The molecule has 0 radical (unpaired) electrons. The number of aromatic nitrogens is 1. The number of nitrogens with zero attached hydrogens (tertiary/aromatic N) is 3. The summed E-state index contributed by atoms with van der Waals surface area (Å²) in [7, 11) is 0. The molecule has 1 unspecified atom stereocenters. The van der Waals surface area contributed by atoms with Crippen molar-refractivity contribution in [3.8, 4) is 0 Å². The maximum atomic E-state index is 4.68. The van der Waals surface area contributed by atoms with E-state index in [1.165, 1.54) is 11.1 Å². The molecule has 1 fully saturated rings. The standard InChI is InChI=1S/C21H30N4/c1-3-24-11-13-25(14-12-24)21-10-9-19(17-23-21)16-22-15-18(2)20-7-5-4-6-8-20/h4-10,17-18,22H,3,11-16H2,1-2H3. The van der Waals surface area contributed by atoms with E-state index in [-0.39, 0.29) is 0 Å². The zero-order valence-corrected chi connectivity index (χ0v) is 15.5. The van der Waals surface area contributed by atoms with E-state index in [4.69, 9.17) is 0 Å². The van der Waals surface area contributed by atoms with Crippen LogP contribution in [0.25, 0.3) is 0 Å². The van der Waals surface area contributed by atoms with Crippen LogP contribution < -0.4 is 10.2 Å². The molecule has 134 valence electrons. The minimum Gasteiger partial charge on any atom is -0.354 e. The Balaban J connectivity index is 1.45. The van der Waals surface area contributed by atoms with Crippen molar-refractivity contribution in [3.63, 3.8) is 0 Å². The van der Waals surface area contributed by atoms with Crippen LogP contribution in [0.3, 0.4) is 0 Å². The molecular formula is C21H30N4. The van der Waals surface area contributed by atoms with Gasteiger partial charge in [-0.15, -0.1) is 0 Å². The van der Waals surface area contributed by atoms with Crippen LogP contribution in [0.2, 0.25) is 0 Å². The van der Waals surface area contributed by atoms with Gasteiger partial charge in [0.15, 0.2) is 0 Å². The Labute approximate surface area is 151 Å². The molecule has 1 aliphatic heterocycles. The molecule has 0 spiro atoms. The van der Waals surface area contributed by atoms with Gasteiger partial charge in [0, 0.05) is 45.5 Å². The summed E-state index contributed by atoms with van der Waals surface area (Å²) >= 11 is 0. The fraction of sp³-hybridized carbons (Fsp3) is 0.476. The van der Waals surface area contributed by atoms with Crippen molar-refractivity contribution in [3.05, 3.63) is 59.8 Å². The predicted octanol–water partition coefficient (Wildman–Crippen LogP) is 3.12. The summed E-state index contributed by atoms with van der Waals surface area (Å²) in [5.41, 5.74) is 2.63. The third-order valence-electron chi connectivity index (χ3n) is 5.10. The lowest BCUT2D eigenvalue weighted by Crippen LogP contribution is -2.46. The van der Waals surface area contributed by atoms with Crippen LogP contribution >= 0.6 is 0 Å². The molecule has 1 aromatic carbocycles. The zero-order valence-electron chi connectivity index (χ0n) is 15.5. The smallest absolute Gasteiger partial charge is 0.128 e. The van der Waals surface area contributed by atoms with Crippen LogP contribution in [-0.4, -0.2) is 49.2 Å². The highest BCUT2D eigenvalue weighted by atomic mass is 15.3. The molecular weight excluding hydrogens is 308 g/mol. The van der Waals surface area contributed by atoms with Gasteiger partial charge in [0.1, 0.15) is 5.82 Å². The minimum absolute atomic E-state index is 0.517. The topological polar surface area (TPSA) is 31.4 Å². The maximum absolute atomic E-state index is 4.68. The van der Waals surface area contributed by atoms with Crippen LogP contribution in [-0.2, 0) is 6.54 Å². The molecule has 1 aliphatic rings. The monoisotopic (exact) mass is 338 g/mol. The van der Waals surface area contributed by atoms with Crippen molar-refractivity contribution in [2.75, 3.05) is 44.2 Å². The van der Waals surface area contributed by atoms with Crippen molar-refractivity contribution < 1.29 is 0 Å². The second kappa shape index (κ2) is 8.97. The highest BCUT2D eigenvalue weighted by molar-refractivity contribution is 5.39. The first-order valence-electron chi connectivity index (χ1n) is 9.44. The van der Waals surface area contributed by atoms with E-state index in [0.29, 0.717) is 5.92 Å². The van der Waals surface area contributed by atoms with Gasteiger partial charge in [-0.3, -0.25) is 0 Å². The lowest BCUT2D eigenvalue weighted by Gasteiger charge is -2.34. The van der Waals surface area contributed by atoms with E-state index in [2.05, 4.69) is 76.4 Å². The lowest BCUT2D eigenvalue weighted by molar-refractivity contribution is 0.270. The Morgan fingerprint density at radius 1 is 1.04 bits per heavy atom. The Morgan fingerprint density at radius 2 is 1.80 bits per heavy atom. The molecule has 0 amide bonds. The van der Waals surface area contributed by atoms with E-state index >= 15 is 0 Å². The fourth-order valence-corrected chi connectivity index (χ4v) is 3.33. The summed E-state index contributed by atoms with van der Waals surface area (Å²) in [5.74, 6) is 1.63. The highest BCUT2D eigenvalue weighted by Gasteiger charge is 2.16. The van der Waals surface area contributed by atoms with Crippen molar-refractivity contribution >= 4 is 5.82 Å². The van der Waals surface area contributed by atoms with Gasteiger partial charge >= 0.3 is 0 Å². The third-order valence-corrected chi connectivity index (χ3v) is 5.10. The van der Waals surface area contributed by atoms with Crippen molar-refractivity contribution in [1.29, 1.82) is 0 Å². The molecule has 4 heteroatoms. The van der Waals surface area contributed by atoms with E-state index in [9.17, 15) is 0 Å². The third kappa shape index (κ3) is 5.03. The summed E-state index contributed by atoms with van der Waals surface area (Å²) < 4.78 is 0. The summed E-state index contributed by atoms with van der Waals surface area (Å²) in [5, 5.41) is 3.55. The zero-order chi connectivity index (χ0) is 17.5. The van der Waals surface area contributed by atoms with Gasteiger partial charge in [-0.1, -0.05) is 50.2 Å². The molecule has 1 atom stereocenters. The Hall–Kier alpha value is -1.91. The summed E-state index contributed by atoms with van der Waals surface area (Å²) in [4.78, 5) is 9.56. The number of anilines is 1. The summed E-state index contributed by atoms with van der Waals surface area (Å²) in [6.45, 7) is 11.9. The van der Waals surface area contributed by atoms with Crippen LogP contribution in [0.15, 0.2) is 48.7 Å². The second-order valence-electron chi connectivity index (χ2n) is 6.89. The Morgan fingerprint density at radius 3 is 2.44 bits per heavy atom. The number of likely N-dealkylation sites (N-methyl/N-ethyl adjacent to an activating group) is 1. The lowest BCUT2D eigenvalue weighted by atomic mass is 10.0. The molecule has 2 heterocycles. The van der Waals surface area contributed by atoms with E-state index in [1.807, 2.05) is 6.20 Å². The van der Waals surface area contributed by atoms with Gasteiger partial charge in [-0.2, -0.15) is 0 Å². The first-order chi connectivity index (χ1) is 12.3. The SMILES string of the molecule is CCN1CCN(c2ccc(CNCC(C)c3ccccc3)cn2)CC1. The van der Waals surface area contributed by atoms with Crippen LogP contribution in [0.4, 0.5) is 5.82 Å². The molecule has 0 saturated carbocycles. The van der Waals surface area contributed by atoms with Gasteiger partial charge in [0.2, 0.25) is 0 Å². The molecule has 1 saturated heterocycles. The number of piperazine rings is 1. The molecule has 4 nitrogen and oxygen atoms in total. The normalized spacial score (nSPS) is 16.8. The van der Waals surface area contributed by atoms with Gasteiger partial charge < -0.3 is 15.1 Å². The van der Waals surface area contributed by atoms with E-state index < -0.39 is 0 Å². The largest absolute Gasteiger partial charge is 0.354 e. The highest BCUT2D eigenvalue weighted by Crippen LogP contribution is 2.15. The first kappa shape index (κ1) is 17.9. The van der Waals surface area contributed by atoms with Crippen LogP contribution in [0.5, 0.6) is 0 Å². The molecule has 3 rings (SSSR count). The van der Waals surface area contributed by atoms with Gasteiger partial charge in [0.25, 0.3) is 0 Å². The quantitative estimate of drug-likeness (QED) is 0.840. The molecule has 25 heavy (non-hydrogen) atoms. The summed E-state index contributed by atoms with van der Waals surface area (Å²) in [6.07, 6.45) is 2.02. The number of pyridine rings is 1. The maximum Gasteiger partial charge on any atom is 0.128 e. The summed E-state index contributed by atoms with van der Waals surface area (Å²) in [6, 6.07) is 15.0. The molecule has 1 aromatic heterocycles. The van der Waals surface area contributed by atoms with Crippen molar-refractivity contribution in [2.24, 2.45) is 0 Å². The minimum atomic E-state index is 0.517. The van der Waals surface area contributed by atoms with Crippen LogP contribution in [0.1, 0.15) is 30.9 Å². The van der Waals surface area contributed by atoms with E-state index in [1.54, 1.807) is 0 Å². The number of nitrogens with one attached hydrogen (secondary N) is 1. The molecule has 1 N–H and O–H groups in total. The molecule has 0 aliphatic carbocycles. The Bertz CT molecular complexity index is 618. The second-order valence-corrected chi connectivity index (χ2v) is 6.89. The number of hydrogen-bond donors (Lipinski definition) is 1. The predicted molar refractivity (Wildman–Crippen MR) is 105 cm³/mol. The fourth-order valence-electron chi connectivity index (χ4n) is 3.33. The van der Waals surface area contributed by atoms with Gasteiger partial charge in [-0.25, -0.2) is 4.98 Å². The number of rotatable bonds is 7. The van der Waals surface area contributed by atoms with Crippen molar-refractivity contribution in [1.82, 2.24) is 15.2 Å². The molecule has 0 bridgehead atoms. The average Bonchev–Trinajstić information content (AvgIpc) is 2.69. The average molecular weight is 338 g/mol. The first-order valence-corrected chi connectivity index (χ1v) is 9.44. The van der Waals surface area contributed by atoms with E-state index in [0.717, 1.165) is 51.6 Å². The number of hydrogen-bond acceptors (Lipinski definition) is 4. The van der Waals surface area contributed by atoms with Crippen molar-refractivity contribution in [2.45, 2.75) is 26.3 Å². The molecule has 2 aromatic rings. The van der Waals surface area contributed by atoms with Gasteiger partial charge in [0.05, 0.1) is 0 Å². The van der Waals surface area contributed by atoms with Gasteiger partial charge in [-0.05, 0) is 29.7 Å².